The van der Waals surface area contributed by atoms with Crippen LogP contribution in [0.5, 0.6) is 5.88 Å². The van der Waals surface area contributed by atoms with Crippen molar-refractivity contribution < 1.29 is 5.11 Å². The SMILES string of the molecule is N#Cc1ccccc1Nc1nc(=NC2CC2)n2nc/c(=C\c3[nH]c(=O)[nH]c3O)c2n1. The van der Waals surface area contributed by atoms with Gasteiger partial charge >= 0.3 is 5.69 Å². The summed E-state index contributed by atoms with van der Waals surface area (Å²) in [4.78, 5) is 29.8. The fourth-order valence-corrected chi connectivity index (χ4v) is 2.95. The van der Waals surface area contributed by atoms with E-state index in [1.54, 1.807) is 36.5 Å². The maximum Gasteiger partial charge on any atom is 0.326 e. The van der Waals surface area contributed by atoms with E-state index in [9.17, 15) is 15.2 Å². The standard InChI is InChI=1S/C19H15N9O2/c20-8-10-3-1-2-4-13(10)23-17-25-15-11(7-14-16(29)26-19(30)24-14)9-21-28(15)18(27-17)22-12-5-6-12/h1-4,7,9,12,29H,5-6H2,(H,22,23,27)(H2,24,26,30)/b11-7+. The first-order valence-electron chi connectivity index (χ1n) is 9.19. The maximum atomic E-state index is 11.4. The normalized spacial score (nSPS) is 14.9. The molecule has 1 fully saturated rings. The number of aromatic hydroxyl groups is 1. The molecule has 0 aliphatic heterocycles. The van der Waals surface area contributed by atoms with Crippen LogP contribution in [-0.2, 0) is 0 Å². The molecule has 1 saturated carbocycles. The first-order chi connectivity index (χ1) is 14.6. The van der Waals surface area contributed by atoms with Gasteiger partial charge in [-0.05, 0) is 31.1 Å². The van der Waals surface area contributed by atoms with Crippen LogP contribution in [0.4, 0.5) is 11.6 Å². The van der Waals surface area contributed by atoms with Crippen molar-refractivity contribution in [3.05, 3.63) is 63.0 Å². The van der Waals surface area contributed by atoms with Crippen molar-refractivity contribution in [1.29, 1.82) is 5.26 Å². The first-order valence-corrected chi connectivity index (χ1v) is 9.19. The monoisotopic (exact) mass is 401 g/mol. The van der Waals surface area contributed by atoms with Crippen molar-refractivity contribution >= 4 is 23.4 Å². The molecule has 0 unspecified atom stereocenters. The van der Waals surface area contributed by atoms with Gasteiger partial charge in [0.2, 0.25) is 11.8 Å². The van der Waals surface area contributed by atoms with Crippen LogP contribution in [0.3, 0.4) is 0 Å². The van der Waals surface area contributed by atoms with Crippen molar-refractivity contribution in [2.24, 2.45) is 4.99 Å². The first kappa shape index (κ1) is 17.6. The topological polar surface area (TPSA) is 160 Å². The van der Waals surface area contributed by atoms with Gasteiger partial charge in [-0.25, -0.2) is 9.79 Å². The van der Waals surface area contributed by atoms with Gasteiger partial charge < -0.3 is 15.4 Å². The minimum absolute atomic E-state index is 0.198. The summed E-state index contributed by atoms with van der Waals surface area (Å²) in [5.74, 6) is -0.0240. The van der Waals surface area contributed by atoms with E-state index < -0.39 is 5.69 Å². The molecule has 0 spiro atoms. The third-order valence-corrected chi connectivity index (χ3v) is 4.55. The molecular weight excluding hydrogens is 386 g/mol. The zero-order valence-electron chi connectivity index (χ0n) is 15.5. The predicted molar refractivity (Wildman–Crippen MR) is 106 cm³/mol. The summed E-state index contributed by atoms with van der Waals surface area (Å²) in [7, 11) is 0. The van der Waals surface area contributed by atoms with E-state index in [4.69, 9.17) is 0 Å². The van der Waals surface area contributed by atoms with Gasteiger partial charge in [0, 0.05) is 5.22 Å². The summed E-state index contributed by atoms with van der Waals surface area (Å²) in [6, 6.07) is 9.36. The molecule has 148 valence electrons. The van der Waals surface area contributed by atoms with Crippen LogP contribution in [-0.4, -0.2) is 40.7 Å². The minimum Gasteiger partial charge on any atom is -0.493 e. The number of nitrogens with one attached hydrogen (secondary N) is 3. The molecule has 1 aromatic carbocycles. The number of rotatable bonds is 4. The van der Waals surface area contributed by atoms with Crippen molar-refractivity contribution in [1.82, 2.24) is 29.5 Å². The highest BCUT2D eigenvalue weighted by Crippen LogP contribution is 2.22. The number of fused-ring (bicyclic) bond motifs is 1. The molecule has 0 saturated heterocycles. The molecule has 0 amide bonds. The average Bonchev–Trinajstić information content (AvgIpc) is 3.37. The second-order valence-corrected chi connectivity index (χ2v) is 6.81. The number of nitriles is 1. The third kappa shape index (κ3) is 3.26. The number of para-hydroxylation sites is 1. The van der Waals surface area contributed by atoms with Gasteiger partial charge in [0.25, 0.3) is 5.62 Å². The molecule has 11 nitrogen and oxygen atoms in total. The lowest BCUT2D eigenvalue weighted by Crippen LogP contribution is -2.24. The van der Waals surface area contributed by atoms with Gasteiger partial charge in [-0.1, -0.05) is 12.1 Å². The molecule has 0 bridgehead atoms. The van der Waals surface area contributed by atoms with E-state index in [1.165, 1.54) is 4.52 Å². The fraction of sp³-hybridized carbons (Fsp3) is 0.158. The Kier molecular flexibility index (Phi) is 4.03. The summed E-state index contributed by atoms with van der Waals surface area (Å²) in [5, 5.41) is 27.1. The molecule has 3 aromatic heterocycles. The predicted octanol–water partition coefficient (Wildman–Crippen LogP) is 0.0724. The van der Waals surface area contributed by atoms with E-state index in [0.29, 0.717) is 27.7 Å². The lowest BCUT2D eigenvalue weighted by molar-refractivity contribution is 0.454. The van der Waals surface area contributed by atoms with Crippen LogP contribution in [0.1, 0.15) is 24.1 Å². The van der Waals surface area contributed by atoms with E-state index in [2.05, 4.69) is 41.4 Å². The third-order valence-electron chi connectivity index (χ3n) is 4.55. The molecule has 0 radical (unpaired) electrons. The van der Waals surface area contributed by atoms with Crippen molar-refractivity contribution in [2.75, 3.05) is 5.32 Å². The van der Waals surface area contributed by atoms with Crippen LogP contribution in [0.2, 0.25) is 0 Å². The number of hydrogen-bond donors (Lipinski definition) is 4. The Labute approximate surface area is 168 Å². The summed E-state index contributed by atoms with van der Waals surface area (Å²) in [6.45, 7) is 0. The number of aromatic amines is 2. The van der Waals surface area contributed by atoms with Gasteiger partial charge in [-0.3, -0.25) is 4.98 Å². The number of anilines is 2. The smallest absolute Gasteiger partial charge is 0.326 e. The van der Waals surface area contributed by atoms with Gasteiger partial charge in [0.15, 0.2) is 5.65 Å². The van der Waals surface area contributed by atoms with Crippen LogP contribution in [0.15, 0.2) is 40.2 Å². The highest BCUT2D eigenvalue weighted by molar-refractivity contribution is 5.64. The average molecular weight is 401 g/mol. The minimum atomic E-state index is -0.523. The van der Waals surface area contributed by atoms with Crippen LogP contribution >= 0.6 is 0 Å². The van der Waals surface area contributed by atoms with Crippen LogP contribution in [0, 0.1) is 11.3 Å². The fourth-order valence-electron chi connectivity index (χ4n) is 2.95. The lowest BCUT2D eigenvalue weighted by atomic mass is 10.2. The second kappa shape index (κ2) is 6.85. The number of nitrogens with zero attached hydrogens (tertiary/aromatic N) is 6. The Bertz CT molecular complexity index is 1480. The second-order valence-electron chi connectivity index (χ2n) is 6.81. The zero-order valence-corrected chi connectivity index (χ0v) is 15.5. The van der Waals surface area contributed by atoms with Gasteiger partial charge in [-0.15, -0.1) is 0 Å². The molecule has 1 aliphatic carbocycles. The van der Waals surface area contributed by atoms with E-state index in [1.807, 2.05) is 0 Å². The van der Waals surface area contributed by atoms with Gasteiger partial charge in [-0.2, -0.15) is 24.8 Å². The summed E-state index contributed by atoms with van der Waals surface area (Å²) < 4.78 is 1.51. The van der Waals surface area contributed by atoms with Crippen molar-refractivity contribution in [2.45, 2.75) is 18.9 Å². The Balaban J connectivity index is 1.70. The number of benzene rings is 1. The van der Waals surface area contributed by atoms with Gasteiger partial charge in [0.05, 0.1) is 23.5 Å². The maximum absolute atomic E-state index is 11.4. The Morgan fingerprint density at radius 3 is 2.87 bits per heavy atom. The van der Waals surface area contributed by atoms with Crippen molar-refractivity contribution in [3.63, 3.8) is 0 Å². The Morgan fingerprint density at radius 2 is 2.13 bits per heavy atom. The molecule has 0 atom stereocenters. The van der Waals surface area contributed by atoms with E-state index >= 15 is 0 Å². The van der Waals surface area contributed by atoms with Crippen molar-refractivity contribution in [3.8, 4) is 11.9 Å². The number of H-pyrrole nitrogens is 2. The quantitative estimate of drug-likeness (QED) is 0.376. The molecule has 3 heterocycles. The Hall–Kier alpha value is -4.46. The summed E-state index contributed by atoms with van der Waals surface area (Å²) in [6.07, 6.45) is 5.08. The highest BCUT2D eigenvalue weighted by Gasteiger charge is 2.21. The molecule has 11 heteroatoms. The molecule has 4 N–H and O–H groups in total. The number of hydrogen-bond acceptors (Lipinski definition) is 8. The lowest BCUT2D eigenvalue weighted by Gasteiger charge is -2.06. The number of imidazole rings is 1. The molecule has 1 aliphatic rings. The molecule has 30 heavy (non-hydrogen) atoms. The Morgan fingerprint density at radius 1 is 1.30 bits per heavy atom. The molecule has 4 aromatic rings. The number of aromatic nitrogens is 6. The highest BCUT2D eigenvalue weighted by atomic mass is 16.3. The zero-order chi connectivity index (χ0) is 20.7. The van der Waals surface area contributed by atoms with Gasteiger partial charge in [0.1, 0.15) is 11.8 Å². The summed E-state index contributed by atoms with van der Waals surface area (Å²) >= 11 is 0. The molecular formula is C19H15N9O2. The van der Waals surface area contributed by atoms with Crippen LogP contribution < -0.4 is 21.8 Å². The van der Waals surface area contributed by atoms with E-state index in [0.717, 1.165) is 12.8 Å². The largest absolute Gasteiger partial charge is 0.493 e. The summed E-state index contributed by atoms with van der Waals surface area (Å²) in [5.41, 5.74) is 1.52. The van der Waals surface area contributed by atoms with Crippen LogP contribution in [0.25, 0.3) is 11.7 Å². The molecule has 5 rings (SSSR count). The van der Waals surface area contributed by atoms with E-state index in [-0.39, 0.29) is 23.6 Å².